The Hall–Kier alpha value is -3.32. The van der Waals surface area contributed by atoms with Gasteiger partial charge in [-0.25, -0.2) is 9.78 Å². The number of carbonyl (C=O) groups is 1. The minimum Gasteiger partial charge on any atom is -0.497 e. The number of nitrogens with zero attached hydrogens (tertiary/aromatic N) is 1. The van der Waals surface area contributed by atoms with Gasteiger partial charge in [-0.3, -0.25) is 0 Å². The highest BCUT2D eigenvalue weighted by Crippen LogP contribution is 2.37. The van der Waals surface area contributed by atoms with E-state index in [0.717, 1.165) is 4.47 Å². The smallest absolute Gasteiger partial charge is 0.349 e. The first-order valence-electron chi connectivity index (χ1n) is 8.74. The summed E-state index contributed by atoms with van der Waals surface area (Å²) in [6.45, 7) is 0. The second-order valence-corrected chi connectivity index (χ2v) is 7.16. The number of para-hydroxylation sites is 2. The van der Waals surface area contributed by atoms with Crippen LogP contribution in [0.4, 0.5) is 0 Å². The van der Waals surface area contributed by atoms with Crippen molar-refractivity contribution in [2.45, 2.75) is 6.10 Å². The van der Waals surface area contributed by atoms with E-state index in [2.05, 4.69) is 20.9 Å². The zero-order valence-electron chi connectivity index (χ0n) is 15.3. The van der Waals surface area contributed by atoms with Gasteiger partial charge in [0.15, 0.2) is 5.58 Å². The molecule has 0 radical (unpaired) electrons. The summed E-state index contributed by atoms with van der Waals surface area (Å²) in [6.07, 6.45) is -1.20. The van der Waals surface area contributed by atoms with Gasteiger partial charge < -0.3 is 19.0 Å². The van der Waals surface area contributed by atoms with E-state index in [-0.39, 0.29) is 0 Å². The molecule has 1 atom stereocenters. The van der Waals surface area contributed by atoms with Crippen LogP contribution in [0, 0.1) is 0 Å². The number of hydrogen-bond donors (Lipinski definition) is 1. The number of carboxylic acids is 1. The number of methoxy groups -OCH3 is 1. The van der Waals surface area contributed by atoms with Gasteiger partial charge in [0.25, 0.3) is 0 Å². The summed E-state index contributed by atoms with van der Waals surface area (Å²) in [5.74, 6) is 0.106. The van der Waals surface area contributed by atoms with E-state index in [0.29, 0.717) is 39.6 Å². The molecule has 0 aliphatic carbocycles. The Labute approximate surface area is 174 Å². The van der Waals surface area contributed by atoms with Crippen LogP contribution in [0.5, 0.6) is 11.5 Å². The molecule has 1 unspecified atom stereocenters. The third-order valence-corrected chi connectivity index (χ3v) is 4.82. The van der Waals surface area contributed by atoms with Crippen molar-refractivity contribution in [2.24, 2.45) is 0 Å². The highest BCUT2D eigenvalue weighted by Gasteiger charge is 2.25. The number of aliphatic carboxylic acids is 1. The van der Waals surface area contributed by atoms with Crippen LogP contribution in [0.25, 0.3) is 22.6 Å². The zero-order valence-corrected chi connectivity index (χ0v) is 16.9. The van der Waals surface area contributed by atoms with Gasteiger partial charge in [0.05, 0.1) is 12.7 Å². The Morgan fingerprint density at radius 1 is 1.10 bits per heavy atom. The molecular formula is C22H16BrNO5. The third kappa shape index (κ3) is 3.95. The summed E-state index contributed by atoms with van der Waals surface area (Å²) in [7, 11) is 1.55. The second kappa shape index (κ2) is 7.97. The number of aromatic nitrogens is 1. The van der Waals surface area contributed by atoms with Gasteiger partial charge in [0.2, 0.25) is 12.0 Å². The van der Waals surface area contributed by atoms with Crippen LogP contribution in [-0.2, 0) is 4.79 Å². The lowest BCUT2D eigenvalue weighted by atomic mass is 10.1. The van der Waals surface area contributed by atoms with E-state index in [9.17, 15) is 9.90 Å². The first-order valence-corrected chi connectivity index (χ1v) is 9.53. The monoisotopic (exact) mass is 453 g/mol. The highest BCUT2D eigenvalue weighted by molar-refractivity contribution is 9.10. The van der Waals surface area contributed by atoms with Crippen molar-refractivity contribution in [2.75, 3.05) is 7.11 Å². The number of hydrogen-bond acceptors (Lipinski definition) is 5. The topological polar surface area (TPSA) is 81.8 Å². The highest BCUT2D eigenvalue weighted by atomic mass is 79.9. The van der Waals surface area contributed by atoms with Crippen LogP contribution in [-0.4, -0.2) is 23.2 Å². The number of rotatable bonds is 6. The number of oxazole rings is 1. The summed E-state index contributed by atoms with van der Waals surface area (Å²) in [6, 6.07) is 19.4. The Balaban J connectivity index is 1.79. The molecule has 29 heavy (non-hydrogen) atoms. The predicted molar refractivity (Wildman–Crippen MR) is 111 cm³/mol. The minimum absolute atomic E-state index is 0.318. The van der Waals surface area contributed by atoms with Crippen molar-refractivity contribution in [1.82, 2.24) is 4.98 Å². The molecule has 146 valence electrons. The molecule has 0 amide bonds. The molecule has 0 aliphatic rings. The summed E-state index contributed by atoms with van der Waals surface area (Å²) >= 11 is 3.36. The van der Waals surface area contributed by atoms with Crippen LogP contribution in [0.1, 0.15) is 11.7 Å². The van der Waals surface area contributed by atoms with Crippen LogP contribution in [0.3, 0.4) is 0 Å². The van der Waals surface area contributed by atoms with Gasteiger partial charge in [0.1, 0.15) is 17.0 Å². The van der Waals surface area contributed by atoms with Crippen molar-refractivity contribution in [3.05, 3.63) is 76.8 Å². The number of ether oxygens (including phenoxy) is 2. The van der Waals surface area contributed by atoms with Crippen LogP contribution < -0.4 is 9.47 Å². The molecule has 6 nitrogen and oxygen atoms in total. The molecule has 7 heteroatoms. The number of fused-ring (bicyclic) bond motifs is 1. The lowest BCUT2D eigenvalue weighted by molar-refractivity contribution is -0.145. The van der Waals surface area contributed by atoms with E-state index in [1.807, 2.05) is 30.3 Å². The summed E-state index contributed by atoms with van der Waals surface area (Å²) < 4.78 is 17.9. The Bertz CT molecular complexity index is 1150. The molecule has 0 saturated carbocycles. The van der Waals surface area contributed by atoms with E-state index in [1.54, 1.807) is 43.5 Å². The molecule has 0 spiro atoms. The zero-order chi connectivity index (χ0) is 20.4. The van der Waals surface area contributed by atoms with Gasteiger partial charge in [-0.1, -0.05) is 40.2 Å². The fraction of sp³-hybridized carbons (Fsp3) is 0.0909. The lowest BCUT2D eigenvalue weighted by Crippen LogP contribution is -2.18. The van der Waals surface area contributed by atoms with Crippen LogP contribution >= 0.6 is 15.9 Å². The van der Waals surface area contributed by atoms with E-state index < -0.39 is 12.1 Å². The van der Waals surface area contributed by atoms with Gasteiger partial charge in [-0.05, 0) is 42.5 Å². The maximum absolute atomic E-state index is 11.9. The molecule has 4 rings (SSSR count). The molecule has 0 saturated heterocycles. The molecule has 4 aromatic rings. The van der Waals surface area contributed by atoms with Crippen molar-refractivity contribution in [3.8, 4) is 23.0 Å². The van der Waals surface area contributed by atoms with Gasteiger partial charge in [-0.2, -0.15) is 0 Å². The number of halogens is 1. The van der Waals surface area contributed by atoms with E-state index in [1.165, 1.54) is 0 Å². The summed E-state index contributed by atoms with van der Waals surface area (Å²) in [4.78, 5) is 16.4. The van der Waals surface area contributed by atoms with Crippen molar-refractivity contribution in [3.63, 3.8) is 0 Å². The first-order chi connectivity index (χ1) is 14.0. The van der Waals surface area contributed by atoms with Crippen LogP contribution in [0.2, 0.25) is 0 Å². The van der Waals surface area contributed by atoms with E-state index >= 15 is 0 Å². The largest absolute Gasteiger partial charge is 0.497 e. The predicted octanol–water partition coefficient (Wildman–Crippen LogP) is 5.47. The minimum atomic E-state index is -1.20. The lowest BCUT2D eigenvalue weighted by Gasteiger charge is -2.18. The summed E-state index contributed by atoms with van der Waals surface area (Å²) in [5.41, 5.74) is 2.32. The standard InChI is InChI=1S/C22H16BrNO5/c1-27-15-9-10-18(28-20(22(25)26)13-5-4-6-14(23)11-13)16(12-15)21-24-17-7-2-3-8-19(17)29-21/h2-12,20H,1H3,(H,25,26). The average molecular weight is 454 g/mol. The van der Waals surface area contributed by atoms with E-state index in [4.69, 9.17) is 13.9 Å². The maximum Gasteiger partial charge on any atom is 0.349 e. The van der Waals surface area contributed by atoms with Gasteiger partial charge in [-0.15, -0.1) is 0 Å². The summed E-state index contributed by atoms with van der Waals surface area (Å²) in [5, 5.41) is 9.75. The van der Waals surface area contributed by atoms with Crippen molar-refractivity contribution < 1.29 is 23.8 Å². The van der Waals surface area contributed by atoms with Crippen molar-refractivity contribution >= 4 is 33.0 Å². The fourth-order valence-electron chi connectivity index (χ4n) is 2.95. The first kappa shape index (κ1) is 19.0. The SMILES string of the molecule is COc1ccc(OC(C(=O)O)c2cccc(Br)c2)c(-c2nc3ccccc3o2)c1. The average Bonchev–Trinajstić information content (AvgIpc) is 3.16. The molecule has 0 fully saturated rings. The van der Waals surface area contributed by atoms with Crippen LogP contribution in [0.15, 0.2) is 75.6 Å². The van der Waals surface area contributed by atoms with Gasteiger partial charge >= 0.3 is 5.97 Å². The third-order valence-electron chi connectivity index (χ3n) is 4.33. The molecule has 1 N–H and O–H groups in total. The molecule has 0 bridgehead atoms. The normalized spacial score (nSPS) is 11.9. The number of benzene rings is 3. The molecule has 0 aliphatic heterocycles. The number of carboxylic acid groups (broad SMARTS) is 1. The van der Waals surface area contributed by atoms with Gasteiger partial charge in [0, 0.05) is 10.0 Å². The second-order valence-electron chi connectivity index (χ2n) is 6.24. The fourth-order valence-corrected chi connectivity index (χ4v) is 3.37. The molecular weight excluding hydrogens is 438 g/mol. The maximum atomic E-state index is 11.9. The Kier molecular flexibility index (Phi) is 5.22. The Morgan fingerprint density at radius 2 is 1.93 bits per heavy atom. The Morgan fingerprint density at radius 3 is 2.66 bits per heavy atom. The quantitative estimate of drug-likeness (QED) is 0.416. The molecule has 1 heterocycles. The molecule has 3 aromatic carbocycles. The van der Waals surface area contributed by atoms with Crippen molar-refractivity contribution in [1.29, 1.82) is 0 Å². The molecule has 1 aromatic heterocycles.